The number of aromatic amines is 1. The number of nitrogens with one attached hydrogen (secondary N) is 1. The van der Waals surface area contributed by atoms with Gasteiger partial charge in [0.25, 0.3) is 5.91 Å². The van der Waals surface area contributed by atoms with Crippen LogP contribution in [0.15, 0.2) is 28.4 Å². The molecule has 98 valence electrons. The van der Waals surface area contributed by atoms with Gasteiger partial charge in [-0.2, -0.15) is 0 Å². The third kappa shape index (κ3) is 3.09. The number of hydrogen-bond donors (Lipinski definition) is 3. The topological polar surface area (TPSA) is 112 Å². The Labute approximate surface area is 104 Å². The highest BCUT2D eigenvalue weighted by molar-refractivity contribution is 5.96. The smallest absolute Gasteiger partial charge is 0.259 e. The molecule has 0 aliphatic heterocycles. The van der Waals surface area contributed by atoms with E-state index in [4.69, 9.17) is 10.9 Å². The predicted octanol–water partition coefficient (Wildman–Crippen LogP) is -0.0281. The zero-order valence-corrected chi connectivity index (χ0v) is 10.3. The zero-order valence-electron chi connectivity index (χ0n) is 10.3. The number of hydrogen-bond acceptors (Lipinski definition) is 4. The molecule has 1 amide bonds. The van der Waals surface area contributed by atoms with E-state index in [1.54, 1.807) is 13.8 Å². The van der Waals surface area contributed by atoms with E-state index in [0.29, 0.717) is 0 Å². The first-order chi connectivity index (χ1) is 8.47. The number of H-pyrrole nitrogens is 1. The van der Waals surface area contributed by atoms with Crippen molar-refractivity contribution in [2.75, 3.05) is 6.54 Å². The minimum Gasteiger partial charge on any atom is -0.409 e. The molecule has 1 aromatic heterocycles. The van der Waals surface area contributed by atoms with Gasteiger partial charge in [0.2, 0.25) is 0 Å². The lowest BCUT2D eigenvalue weighted by atomic mass is 10.2. The van der Waals surface area contributed by atoms with Crippen molar-refractivity contribution in [3.8, 4) is 0 Å². The average molecular weight is 252 g/mol. The molecule has 0 saturated heterocycles. The monoisotopic (exact) mass is 252 g/mol. The summed E-state index contributed by atoms with van der Waals surface area (Å²) >= 11 is 0. The molecule has 0 aliphatic rings. The highest BCUT2D eigenvalue weighted by Gasteiger charge is 2.21. The maximum Gasteiger partial charge on any atom is 0.259 e. The molecule has 0 aromatic carbocycles. The van der Waals surface area contributed by atoms with Crippen LogP contribution in [-0.2, 0) is 0 Å². The Morgan fingerprint density at radius 1 is 1.61 bits per heavy atom. The minimum absolute atomic E-state index is 0.0249. The van der Waals surface area contributed by atoms with Crippen LogP contribution in [0, 0.1) is 0 Å². The van der Waals surface area contributed by atoms with Crippen molar-refractivity contribution >= 4 is 11.7 Å². The Balaban J connectivity index is 3.05. The predicted molar refractivity (Wildman–Crippen MR) is 66.6 cm³/mol. The van der Waals surface area contributed by atoms with Crippen molar-refractivity contribution in [2.24, 2.45) is 10.9 Å². The van der Waals surface area contributed by atoms with Gasteiger partial charge in [-0.25, -0.2) is 0 Å². The van der Waals surface area contributed by atoms with Gasteiger partial charge in [0, 0.05) is 24.5 Å². The molecular formula is C11H16N4O3. The van der Waals surface area contributed by atoms with E-state index in [-0.39, 0.29) is 29.4 Å². The molecule has 1 rings (SSSR count). The third-order valence-corrected chi connectivity index (χ3v) is 2.40. The number of aromatic nitrogens is 1. The van der Waals surface area contributed by atoms with Crippen LogP contribution >= 0.6 is 0 Å². The van der Waals surface area contributed by atoms with Crippen LogP contribution < -0.4 is 11.2 Å². The summed E-state index contributed by atoms with van der Waals surface area (Å²) in [5.41, 5.74) is 5.04. The van der Waals surface area contributed by atoms with Gasteiger partial charge in [-0.15, -0.1) is 0 Å². The number of nitrogens with zero attached hydrogens (tertiary/aromatic N) is 2. The lowest BCUT2D eigenvalue weighted by Gasteiger charge is -2.25. The molecule has 0 saturated carbocycles. The molecule has 7 heteroatoms. The van der Waals surface area contributed by atoms with Crippen molar-refractivity contribution in [3.05, 3.63) is 34.2 Å². The van der Waals surface area contributed by atoms with E-state index >= 15 is 0 Å². The maximum absolute atomic E-state index is 12.2. The van der Waals surface area contributed by atoms with Gasteiger partial charge in [0.05, 0.1) is 6.54 Å². The summed E-state index contributed by atoms with van der Waals surface area (Å²) < 4.78 is 0. The molecule has 0 aliphatic carbocycles. The highest BCUT2D eigenvalue weighted by Crippen LogP contribution is 2.04. The van der Waals surface area contributed by atoms with E-state index in [2.05, 4.69) is 10.1 Å². The zero-order chi connectivity index (χ0) is 13.7. The van der Waals surface area contributed by atoms with Gasteiger partial charge in [-0.1, -0.05) is 5.16 Å². The second-order valence-corrected chi connectivity index (χ2v) is 4.04. The summed E-state index contributed by atoms with van der Waals surface area (Å²) in [7, 11) is 0. The van der Waals surface area contributed by atoms with Crippen LogP contribution in [0.4, 0.5) is 0 Å². The van der Waals surface area contributed by atoms with Crippen LogP contribution in [0.2, 0.25) is 0 Å². The molecule has 0 radical (unpaired) electrons. The van der Waals surface area contributed by atoms with Gasteiger partial charge < -0.3 is 20.8 Å². The van der Waals surface area contributed by atoms with Crippen molar-refractivity contribution < 1.29 is 10.0 Å². The fourth-order valence-electron chi connectivity index (χ4n) is 1.43. The van der Waals surface area contributed by atoms with Gasteiger partial charge in [0.15, 0.2) is 11.3 Å². The molecule has 0 unspecified atom stereocenters. The molecule has 1 aromatic rings. The number of pyridine rings is 1. The van der Waals surface area contributed by atoms with Gasteiger partial charge >= 0.3 is 0 Å². The second-order valence-electron chi connectivity index (χ2n) is 4.04. The summed E-state index contributed by atoms with van der Waals surface area (Å²) in [6, 6.07) is 1.09. The van der Waals surface area contributed by atoms with Crippen molar-refractivity contribution in [3.63, 3.8) is 0 Å². The van der Waals surface area contributed by atoms with E-state index in [1.807, 2.05) is 0 Å². The largest absolute Gasteiger partial charge is 0.409 e. The minimum atomic E-state index is -0.460. The highest BCUT2D eigenvalue weighted by atomic mass is 16.4. The summed E-state index contributed by atoms with van der Waals surface area (Å²) in [5, 5.41) is 11.4. The van der Waals surface area contributed by atoms with E-state index in [1.165, 1.54) is 23.4 Å². The van der Waals surface area contributed by atoms with E-state index in [0.717, 1.165) is 0 Å². The maximum atomic E-state index is 12.2. The van der Waals surface area contributed by atoms with E-state index in [9.17, 15) is 9.59 Å². The van der Waals surface area contributed by atoms with Crippen molar-refractivity contribution in [2.45, 2.75) is 19.9 Å². The van der Waals surface area contributed by atoms with Crippen molar-refractivity contribution in [1.29, 1.82) is 0 Å². The fourth-order valence-corrected chi connectivity index (χ4v) is 1.43. The lowest BCUT2D eigenvalue weighted by molar-refractivity contribution is 0.0732. The Morgan fingerprint density at radius 3 is 2.78 bits per heavy atom. The molecule has 0 spiro atoms. The summed E-state index contributed by atoms with van der Waals surface area (Å²) in [6.45, 7) is 3.51. The number of nitrogens with two attached hydrogens (primary N) is 1. The third-order valence-electron chi connectivity index (χ3n) is 2.40. The summed E-state index contributed by atoms with van der Waals surface area (Å²) in [5.74, 6) is -0.553. The lowest BCUT2D eigenvalue weighted by Crippen LogP contribution is -2.44. The molecule has 7 nitrogen and oxygen atoms in total. The Morgan fingerprint density at radius 2 is 2.28 bits per heavy atom. The van der Waals surface area contributed by atoms with Crippen LogP contribution in [0.25, 0.3) is 0 Å². The molecule has 0 bridgehead atoms. The second kappa shape index (κ2) is 5.85. The van der Waals surface area contributed by atoms with E-state index < -0.39 is 5.91 Å². The Kier molecular flexibility index (Phi) is 4.47. The number of rotatable bonds is 4. The van der Waals surface area contributed by atoms with Crippen LogP contribution in [0.1, 0.15) is 24.2 Å². The van der Waals surface area contributed by atoms with Crippen molar-refractivity contribution in [1.82, 2.24) is 9.88 Å². The Hall–Kier alpha value is -2.31. The van der Waals surface area contributed by atoms with Gasteiger partial charge in [0.1, 0.15) is 5.56 Å². The first-order valence-electron chi connectivity index (χ1n) is 5.41. The summed E-state index contributed by atoms with van der Waals surface area (Å²) in [6.07, 6.45) is 2.79. The number of carbonyl (C=O) groups excluding carboxylic acids is 1. The van der Waals surface area contributed by atoms with Gasteiger partial charge in [-0.3, -0.25) is 9.59 Å². The molecule has 1 heterocycles. The normalized spacial score (nSPS) is 11.6. The summed E-state index contributed by atoms with van der Waals surface area (Å²) in [4.78, 5) is 27.8. The quantitative estimate of drug-likeness (QED) is 0.302. The Bertz CT molecular complexity index is 507. The number of oxime groups is 1. The molecular weight excluding hydrogens is 236 g/mol. The average Bonchev–Trinajstić information content (AvgIpc) is 2.35. The van der Waals surface area contributed by atoms with Crippen LogP contribution in [0.5, 0.6) is 0 Å². The first-order valence-corrected chi connectivity index (χ1v) is 5.41. The molecule has 18 heavy (non-hydrogen) atoms. The van der Waals surface area contributed by atoms with Crippen LogP contribution in [-0.4, -0.2) is 39.4 Å². The van der Waals surface area contributed by atoms with Gasteiger partial charge in [-0.05, 0) is 13.8 Å². The molecule has 4 N–H and O–H groups in total. The first kappa shape index (κ1) is 13.8. The number of amidine groups is 1. The van der Waals surface area contributed by atoms with Crippen LogP contribution in [0.3, 0.4) is 0 Å². The number of amides is 1. The molecule has 0 atom stereocenters. The number of carbonyl (C=O) groups is 1. The SMILES string of the molecule is CC(C)N(C/C(N)=N/O)C(=O)c1c[nH]ccc1=O. The fraction of sp³-hybridized carbons (Fsp3) is 0.364. The standard InChI is InChI=1S/C11H16N4O3/c1-7(2)15(6-10(12)14-18)11(17)8-5-13-4-3-9(8)16/h3-5,7,18H,6H2,1-2H3,(H2,12,14)(H,13,16). The molecule has 0 fully saturated rings.